The van der Waals surface area contributed by atoms with Gasteiger partial charge < -0.3 is 9.64 Å². The standard InChI is InChI=1S/C15H21N3O3/c1-4-12-11(9-10(2)16-17-12)14(19)18-8-6-5-7-13(18)15(20)21-3/h9,13H,4-8H2,1-3H3/t13-/m1/s1. The second kappa shape index (κ2) is 6.65. The Morgan fingerprint density at radius 2 is 2.14 bits per heavy atom. The topological polar surface area (TPSA) is 72.4 Å². The molecule has 1 atom stereocenters. The summed E-state index contributed by atoms with van der Waals surface area (Å²) in [5.74, 6) is -0.500. The first-order valence-corrected chi connectivity index (χ1v) is 7.30. The zero-order valence-corrected chi connectivity index (χ0v) is 12.8. The molecule has 6 heteroatoms. The van der Waals surface area contributed by atoms with Crippen molar-refractivity contribution >= 4 is 11.9 Å². The minimum atomic E-state index is -0.491. The minimum Gasteiger partial charge on any atom is -0.467 e. The third-order valence-corrected chi connectivity index (χ3v) is 3.79. The highest BCUT2D eigenvalue weighted by Crippen LogP contribution is 2.22. The Hall–Kier alpha value is -1.98. The molecule has 1 saturated heterocycles. The molecule has 0 bridgehead atoms. The zero-order valence-electron chi connectivity index (χ0n) is 12.8. The van der Waals surface area contributed by atoms with E-state index >= 15 is 0 Å². The van der Waals surface area contributed by atoms with E-state index < -0.39 is 6.04 Å². The smallest absolute Gasteiger partial charge is 0.328 e. The largest absolute Gasteiger partial charge is 0.467 e. The van der Waals surface area contributed by atoms with Crippen LogP contribution >= 0.6 is 0 Å². The number of hydrogen-bond donors (Lipinski definition) is 0. The van der Waals surface area contributed by atoms with Crippen molar-refractivity contribution in [2.75, 3.05) is 13.7 Å². The Kier molecular flexibility index (Phi) is 4.88. The number of piperidine rings is 1. The first-order chi connectivity index (χ1) is 10.1. The van der Waals surface area contributed by atoms with Gasteiger partial charge in [-0.15, -0.1) is 0 Å². The summed E-state index contributed by atoms with van der Waals surface area (Å²) >= 11 is 0. The molecule has 0 spiro atoms. The highest BCUT2D eigenvalue weighted by Gasteiger charge is 2.34. The van der Waals surface area contributed by atoms with Crippen molar-refractivity contribution in [3.63, 3.8) is 0 Å². The molecule has 0 aliphatic carbocycles. The maximum absolute atomic E-state index is 12.8. The Morgan fingerprint density at radius 3 is 2.81 bits per heavy atom. The van der Waals surface area contributed by atoms with Crippen LogP contribution in [0.2, 0.25) is 0 Å². The molecule has 1 aromatic heterocycles. The van der Waals surface area contributed by atoms with Gasteiger partial charge in [-0.3, -0.25) is 4.79 Å². The number of aryl methyl sites for hydroxylation is 2. The third kappa shape index (κ3) is 3.20. The maximum Gasteiger partial charge on any atom is 0.328 e. The van der Waals surface area contributed by atoms with Crippen LogP contribution in [-0.4, -0.2) is 46.7 Å². The summed E-state index contributed by atoms with van der Waals surface area (Å²) in [4.78, 5) is 26.3. The van der Waals surface area contributed by atoms with Crippen LogP contribution in [0.1, 0.15) is 47.9 Å². The van der Waals surface area contributed by atoms with E-state index in [2.05, 4.69) is 10.2 Å². The molecule has 2 rings (SSSR count). The van der Waals surface area contributed by atoms with Gasteiger partial charge in [0.2, 0.25) is 0 Å². The molecule has 1 fully saturated rings. The monoisotopic (exact) mass is 291 g/mol. The summed E-state index contributed by atoms with van der Waals surface area (Å²) in [7, 11) is 1.36. The lowest BCUT2D eigenvalue weighted by Crippen LogP contribution is -2.48. The fourth-order valence-electron chi connectivity index (χ4n) is 2.67. The molecule has 2 heterocycles. The molecular formula is C15H21N3O3. The van der Waals surface area contributed by atoms with Gasteiger partial charge in [-0.25, -0.2) is 4.79 Å². The number of esters is 1. The fourth-order valence-corrected chi connectivity index (χ4v) is 2.67. The number of carbonyl (C=O) groups is 2. The van der Waals surface area contributed by atoms with Crippen LogP contribution in [0.25, 0.3) is 0 Å². The molecule has 0 aromatic carbocycles. The summed E-state index contributed by atoms with van der Waals surface area (Å²) in [6, 6.07) is 1.26. The maximum atomic E-state index is 12.8. The summed E-state index contributed by atoms with van der Waals surface area (Å²) in [6.45, 7) is 4.31. The molecule has 1 aromatic rings. The Bertz CT molecular complexity index is 545. The van der Waals surface area contributed by atoms with E-state index in [0.717, 1.165) is 12.8 Å². The normalized spacial score (nSPS) is 18.4. The van der Waals surface area contributed by atoms with Gasteiger partial charge in [0.25, 0.3) is 5.91 Å². The van der Waals surface area contributed by atoms with Crippen molar-refractivity contribution in [2.45, 2.75) is 45.6 Å². The predicted molar refractivity (Wildman–Crippen MR) is 76.8 cm³/mol. The SMILES string of the molecule is CCc1nnc(C)cc1C(=O)N1CCCC[C@@H]1C(=O)OC. The van der Waals surface area contributed by atoms with Crippen LogP contribution < -0.4 is 0 Å². The number of likely N-dealkylation sites (tertiary alicyclic amines) is 1. The average molecular weight is 291 g/mol. The first kappa shape index (κ1) is 15.4. The molecule has 0 saturated carbocycles. The lowest BCUT2D eigenvalue weighted by molar-refractivity contribution is -0.147. The van der Waals surface area contributed by atoms with Crippen LogP contribution in [-0.2, 0) is 16.0 Å². The number of nitrogens with zero attached hydrogens (tertiary/aromatic N) is 3. The van der Waals surface area contributed by atoms with Crippen LogP contribution in [0.4, 0.5) is 0 Å². The summed E-state index contributed by atoms with van der Waals surface area (Å²) in [6.07, 6.45) is 3.11. The second-order valence-electron chi connectivity index (χ2n) is 5.23. The Balaban J connectivity index is 2.33. The number of methoxy groups -OCH3 is 1. The number of aromatic nitrogens is 2. The molecule has 1 aliphatic heterocycles. The van der Waals surface area contributed by atoms with Crippen LogP contribution in [0, 0.1) is 6.92 Å². The highest BCUT2D eigenvalue weighted by atomic mass is 16.5. The molecular weight excluding hydrogens is 270 g/mol. The number of ether oxygens (including phenoxy) is 1. The second-order valence-corrected chi connectivity index (χ2v) is 5.23. The van der Waals surface area contributed by atoms with E-state index in [1.807, 2.05) is 6.92 Å². The summed E-state index contributed by atoms with van der Waals surface area (Å²) < 4.78 is 4.83. The van der Waals surface area contributed by atoms with Gasteiger partial charge in [0.15, 0.2) is 0 Å². The van der Waals surface area contributed by atoms with Gasteiger partial charge in [0.1, 0.15) is 6.04 Å². The predicted octanol–water partition coefficient (Wildman–Crippen LogP) is 1.52. The summed E-state index contributed by atoms with van der Waals surface area (Å²) in [5.41, 5.74) is 1.91. The first-order valence-electron chi connectivity index (χ1n) is 7.30. The molecule has 0 N–H and O–H groups in total. The van der Waals surface area contributed by atoms with Crippen molar-refractivity contribution in [3.8, 4) is 0 Å². The number of carbonyl (C=O) groups excluding carboxylic acids is 2. The van der Waals surface area contributed by atoms with E-state index in [4.69, 9.17) is 4.74 Å². The molecule has 1 aliphatic rings. The number of rotatable bonds is 3. The summed E-state index contributed by atoms with van der Waals surface area (Å²) in [5, 5.41) is 8.09. The molecule has 6 nitrogen and oxygen atoms in total. The van der Waals surface area contributed by atoms with Crippen molar-refractivity contribution < 1.29 is 14.3 Å². The quantitative estimate of drug-likeness (QED) is 0.789. The van der Waals surface area contributed by atoms with E-state index in [0.29, 0.717) is 36.3 Å². The van der Waals surface area contributed by atoms with Gasteiger partial charge in [0, 0.05) is 6.54 Å². The number of amides is 1. The van der Waals surface area contributed by atoms with Crippen molar-refractivity contribution in [3.05, 3.63) is 23.0 Å². The van der Waals surface area contributed by atoms with Crippen molar-refractivity contribution in [1.82, 2.24) is 15.1 Å². The van der Waals surface area contributed by atoms with E-state index in [1.165, 1.54) is 7.11 Å². The number of hydrogen-bond acceptors (Lipinski definition) is 5. The van der Waals surface area contributed by atoms with E-state index in [-0.39, 0.29) is 11.9 Å². The van der Waals surface area contributed by atoms with Crippen LogP contribution in [0.3, 0.4) is 0 Å². The molecule has 0 unspecified atom stereocenters. The molecule has 1 amide bonds. The Morgan fingerprint density at radius 1 is 1.38 bits per heavy atom. The zero-order chi connectivity index (χ0) is 15.4. The van der Waals surface area contributed by atoms with E-state index in [9.17, 15) is 9.59 Å². The van der Waals surface area contributed by atoms with Crippen LogP contribution in [0.15, 0.2) is 6.07 Å². The van der Waals surface area contributed by atoms with Gasteiger partial charge >= 0.3 is 5.97 Å². The fraction of sp³-hybridized carbons (Fsp3) is 0.600. The lowest BCUT2D eigenvalue weighted by atomic mass is 10.00. The van der Waals surface area contributed by atoms with Crippen molar-refractivity contribution in [2.24, 2.45) is 0 Å². The molecule has 21 heavy (non-hydrogen) atoms. The minimum absolute atomic E-state index is 0.153. The van der Waals surface area contributed by atoms with Gasteiger partial charge in [-0.1, -0.05) is 6.92 Å². The van der Waals surface area contributed by atoms with Gasteiger partial charge in [-0.05, 0) is 38.7 Å². The van der Waals surface area contributed by atoms with Crippen molar-refractivity contribution in [1.29, 1.82) is 0 Å². The molecule has 114 valence electrons. The highest BCUT2D eigenvalue weighted by molar-refractivity contribution is 5.97. The molecule has 0 radical (unpaired) electrons. The average Bonchev–Trinajstić information content (AvgIpc) is 2.53. The van der Waals surface area contributed by atoms with Crippen LogP contribution in [0.5, 0.6) is 0 Å². The van der Waals surface area contributed by atoms with E-state index in [1.54, 1.807) is 17.9 Å². The Labute approximate surface area is 124 Å². The van der Waals surface area contributed by atoms with Gasteiger partial charge in [-0.2, -0.15) is 10.2 Å². The lowest BCUT2D eigenvalue weighted by Gasteiger charge is -2.34. The van der Waals surface area contributed by atoms with Gasteiger partial charge in [0.05, 0.1) is 24.1 Å². The third-order valence-electron chi connectivity index (χ3n) is 3.79.